The minimum atomic E-state index is -4.86. The molecule has 0 saturated carbocycles. The predicted octanol–water partition coefficient (Wildman–Crippen LogP) is 3.22. The zero-order chi connectivity index (χ0) is 15.6. The molecule has 0 aliphatic heterocycles. The highest BCUT2D eigenvalue weighted by Crippen LogP contribution is 2.32. The van der Waals surface area contributed by atoms with Gasteiger partial charge in [0, 0.05) is 5.02 Å². The van der Waals surface area contributed by atoms with Gasteiger partial charge in [-0.3, -0.25) is 4.79 Å². The third-order valence-electron chi connectivity index (χ3n) is 2.86. The lowest BCUT2D eigenvalue weighted by atomic mass is 10.0. The molecule has 1 aromatic carbocycles. The molecule has 3 nitrogen and oxygen atoms in total. The van der Waals surface area contributed by atoms with Gasteiger partial charge in [0.1, 0.15) is 0 Å². The molecule has 2 N–H and O–H groups in total. The number of hydrogen-bond donors (Lipinski definition) is 2. The fraction of sp³-hybridized carbons (Fsp3) is 0.462. The Bertz CT molecular complexity index is 489. The van der Waals surface area contributed by atoms with Crippen LogP contribution in [-0.2, 0) is 4.79 Å². The summed E-state index contributed by atoms with van der Waals surface area (Å²) in [7, 11) is 0. The average molecular weight is 310 g/mol. The van der Waals surface area contributed by atoms with E-state index < -0.39 is 30.1 Å². The Morgan fingerprint density at radius 1 is 1.40 bits per heavy atom. The molecule has 7 heteroatoms. The van der Waals surface area contributed by atoms with Gasteiger partial charge in [-0.05, 0) is 25.5 Å². The van der Waals surface area contributed by atoms with Crippen molar-refractivity contribution in [2.45, 2.75) is 38.1 Å². The van der Waals surface area contributed by atoms with Crippen molar-refractivity contribution < 1.29 is 23.1 Å². The maximum Gasteiger partial charge on any atom is 0.417 e. The van der Waals surface area contributed by atoms with Crippen LogP contribution in [0.3, 0.4) is 0 Å². The fourth-order valence-electron chi connectivity index (χ4n) is 1.61. The lowest BCUT2D eigenvalue weighted by Crippen LogP contribution is -2.46. The van der Waals surface area contributed by atoms with E-state index in [4.69, 9.17) is 11.6 Å². The van der Waals surface area contributed by atoms with Crippen LogP contribution < -0.4 is 5.32 Å². The molecule has 0 aromatic heterocycles. The molecule has 0 spiro atoms. The molecule has 112 valence electrons. The first-order valence-corrected chi connectivity index (χ1v) is 6.25. The van der Waals surface area contributed by atoms with Crippen LogP contribution >= 0.6 is 11.6 Å². The average Bonchev–Trinajstić information content (AvgIpc) is 2.26. The van der Waals surface area contributed by atoms with Crippen LogP contribution in [0.15, 0.2) is 24.3 Å². The van der Waals surface area contributed by atoms with Crippen molar-refractivity contribution in [1.29, 1.82) is 0 Å². The molecule has 20 heavy (non-hydrogen) atoms. The molecule has 0 radical (unpaired) electrons. The second-order valence-corrected chi connectivity index (χ2v) is 5.17. The summed E-state index contributed by atoms with van der Waals surface area (Å²) in [6, 6.07) is 6.13. The molecule has 0 saturated heterocycles. The third kappa shape index (κ3) is 4.11. The fourth-order valence-corrected chi connectivity index (χ4v) is 1.91. The number of halogens is 4. The zero-order valence-electron chi connectivity index (χ0n) is 11.0. The molecule has 0 unspecified atom stereocenters. The second kappa shape index (κ2) is 6.01. The molecule has 1 amide bonds. The number of benzene rings is 1. The molecule has 1 rings (SSSR count). The molecule has 2 atom stereocenters. The SMILES string of the molecule is C[C@@H](NC(=O)C[C@@](C)(O)C(F)(F)F)c1ccccc1Cl. The molecule has 0 aliphatic rings. The highest BCUT2D eigenvalue weighted by Gasteiger charge is 2.51. The first-order valence-electron chi connectivity index (χ1n) is 5.87. The van der Waals surface area contributed by atoms with Gasteiger partial charge in [-0.2, -0.15) is 13.2 Å². The summed E-state index contributed by atoms with van der Waals surface area (Å²) >= 11 is 5.93. The van der Waals surface area contributed by atoms with Crippen molar-refractivity contribution in [3.8, 4) is 0 Å². The number of carbonyl (C=O) groups is 1. The highest BCUT2D eigenvalue weighted by molar-refractivity contribution is 6.31. The van der Waals surface area contributed by atoms with Gasteiger partial charge in [0.15, 0.2) is 5.60 Å². The van der Waals surface area contributed by atoms with Crippen LogP contribution in [0, 0.1) is 0 Å². The van der Waals surface area contributed by atoms with E-state index in [1.54, 1.807) is 31.2 Å². The highest BCUT2D eigenvalue weighted by atomic mass is 35.5. The Balaban J connectivity index is 2.71. The third-order valence-corrected chi connectivity index (χ3v) is 3.21. The summed E-state index contributed by atoms with van der Waals surface area (Å²) in [6.07, 6.45) is -5.93. The number of rotatable bonds is 4. The van der Waals surface area contributed by atoms with Crippen molar-refractivity contribution in [2.24, 2.45) is 0 Å². The van der Waals surface area contributed by atoms with Crippen molar-refractivity contribution in [3.05, 3.63) is 34.9 Å². The molecule has 0 heterocycles. The van der Waals surface area contributed by atoms with Crippen molar-refractivity contribution in [1.82, 2.24) is 5.32 Å². The van der Waals surface area contributed by atoms with Gasteiger partial charge in [0.05, 0.1) is 12.5 Å². The summed E-state index contributed by atoms with van der Waals surface area (Å²) < 4.78 is 37.4. The lowest BCUT2D eigenvalue weighted by Gasteiger charge is -2.26. The summed E-state index contributed by atoms with van der Waals surface area (Å²) in [4.78, 5) is 11.6. The Labute approximate surface area is 119 Å². The minimum absolute atomic E-state index is 0.405. The predicted molar refractivity (Wildman–Crippen MR) is 69.3 cm³/mol. The van der Waals surface area contributed by atoms with Crippen molar-refractivity contribution >= 4 is 17.5 Å². The number of alkyl halides is 3. The van der Waals surface area contributed by atoms with E-state index in [2.05, 4.69) is 5.32 Å². The van der Waals surface area contributed by atoms with Crippen LogP contribution in [0.4, 0.5) is 13.2 Å². The molecular weight excluding hydrogens is 295 g/mol. The summed E-state index contributed by atoms with van der Waals surface area (Å²) in [5.41, 5.74) is -2.47. The number of hydrogen-bond acceptors (Lipinski definition) is 2. The largest absolute Gasteiger partial charge is 0.417 e. The van der Waals surface area contributed by atoms with E-state index >= 15 is 0 Å². The molecule has 0 aliphatic carbocycles. The van der Waals surface area contributed by atoms with E-state index in [1.165, 1.54) is 0 Å². The van der Waals surface area contributed by atoms with Gasteiger partial charge in [-0.1, -0.05) is 29.8 Å². The van der Waals surface area contributed by atoms with Gasteiger partial charge in [-0.25, -0.2) is 0 Å². The van der Waals surface area contributed by atoms with Crippen LogP contribution in [0.5, 0.6) is 0 Å². The number of amides is 1. The quantitative estimate of drug-likeness (QED) is 0.897. The monoisotopic (exact) mass is 309 g/mol. The Morgan fingerprint density at radius 2 is 1.95 bits per heavy atom. The molecule has 0 bridgehead atoms. The molecule has 0 fully saturated rings. The van der Waals surface area contributed by atoms with Crippen LogP contribution in [0.25, 0.3) is 0 Å². The number of carbonyl (C=O) groups excluding carboxylic acids is 1. The number of nitrogens with one attached hydrogen (secondary N) is 1. The summed E-state index contributed by atoms with van der Waals surface area (Å²) in [5.74, 6) is -0.903. The van der Waals surface area contributed by atoms with Gasteiger partial charge in [0.25, 0.3) is 0 Å². The van der Waals surface area contributed by atoms with Crippen LogP contribution in [0.2, 0.25) is 5.02 Å². The maximum atomic E-state index is 12.5. The smallest absolute Gasteiger partial charge is 0.380 e. The minimum Gasteiger partial charge on any atom is -0.380 e. The molecule has 1 aromatic rings. The second-order valence-electron chi connectivity index (χ2n) is 4.76. The van der Waals surface area contributed by atoms with Crippen molar-refractivity contribution in [3.63, 3.8) is 0 Å². The summed E-state index contributed by atoms with van der Waals surface area (Å²) in [5, 5.41) is 12.0. The van der Waals surface area contributed by atoms with Gasteiger partial charge >= 0.3 is 6.18 Å². The van der Waals surface area contributed by atoms with E-state index in [1.807, 2.05) is 0 Å². The Kier molecular flexibility index (Phi) is 5.05. The maximum absolute atomic E-state index is 12.5. The van der Waals surface area contributed by atoms with Gasteiger partial charge in [-0.15, -0.1) is 0 Å². The standard InChI is InChI=1S/C13H15ClF3NO2/c1-8(9-5-3-4-6-10(9)14)18-11(19)7-12(2,20)13(15,16)17/h3-6,8,20H,7H2,1-2H3,(H,18,19)/t8-,12-/m1/s1. The van der Waals surface area contributed by atoms with E-state index in [9.17, 15) is 23.1 Å². The zero-order valence-corrected chi connectivity index (χ0v) is 11.7. The topological polar surface area (TPSA) is 49.3 Å². The Hall–Kier alpha value is -1.27. The van der Waals surface area contributed by atoms with E-state index in [-0.39, 0.29) is 0 Å². The Morgan fingerprint density at radius 3 is 2.45 bits per heavy atom. The first-order chi connectivity index (χ1) is 9.04. The van der Waals surface area contributed by atoms with Crippen LogP contribution in [0.1, 0.15) is 31.9 Å². The molecular formula is C13H15ClF3NO2. The summed E-state index contributed by atoms with van der Waals surface area (Å²) in [6.45, 7) is 2.16. The van der Waals surface area contributed by atoms with Gasteiger partial charge in [0.2, 0.25) is 5.91 Å². The number of aliphatic hydroxyl groups is 1. The van der Waals surface area contributed by atoms with Gasteiger partial charge < -0.3 is 10.4 Å². The van der Waals surface area contributed by atoms with E-state index in [0.717, 1.165) is 0 Å². The normalized spacial score (nSPS) is 16.4. The van der Waals surface area contributed by atoms with Crippen molar-refractivity contribution in [2.75, 3.05) is 0 Å². The first kappa shape index (κ1) is 16.8. The van der Waals surface area contributed by atoms with Crippen LogP contribution in [-0.4, -0.2) is 22.8 Å². The van der Waals surface area contributed by atoms with E-state index in [0.29, 0.717) is 17.5 Å². The lowest BCUT2D eigenvalue weighted by molar-refractivity contribution is -0.253.